The van der Waals surface area contributed by atoms with Crippen molar-refractivity contribution in [2.45, 2.75) is 109 Å². The molecule has 6 N–H and O–H groups in total. The Morgan fingerprint density at radius 3 is 2.13 bits per heavy atom. The Kier molecular flexibility index (Phi) is 15.8. The summed E-state index contributed by atoms with van der Waals surface area (Å²) in [7, 11) is 0. The normalized spacial score (nSPS) is 16.6. The molecule has 1 saturated carbocycles. The number of carboxylic acids is 1. The number of nitrogens with one attached hydrogen (secondary N) is 4. The van der Waals surface area contributed by atoms with Gasteiger partial charge in [0.2, 0.25) is 11.8 Å². The molecule has 1 aliphatic heterocycles. The molecule has 0 unspecified atom stereocenters. The van der Waals surface area contributed by atoms with E-state index in [-0.39, 0.29) is 75.3 Å². The van der Waals surface area contributed by atoms with E-state index in [0.717, 1.165) is 43.4 Å². The number of para-hydroxylation sites is 2. The molecule has 0 radical (unpaired) electrons. The third kappa shape index (κ3) is 13.3. The fraction of sp³-hybridized carbons (Fsp3) is 0.444. The summed E-state index contributed by atoms with van der Waals surface area (Å²) in [6, 6.07) is 17.9. The molecule has 0 spiro atoms. The molecule has 0 saturated heterocycles. The number of carbonyl (C=O) groups excluding carboxylic acids is 6. The quantitative estimate of drug-likeness (QED) is 0.0790. The lowest BCUT2D eigenvalue weighted by atomic mass is 9.90. The lowest BCUT2D eigenvalue weighted by molar-refractivity contribution is -0.142. The Labute approximate surface area is 355 Å². The maximum absolute atomic E-state index is 14.2. The molecule has 3 aromatic rings. The van der Waals surface area contributed by atoms with Crippen LogP contribution < -0.4 is 31.1 Å². The molecule has 1 heterocycles. The molecule has 16 nitrogen and oxygen atoms in total. The number of anilines is 2. The molecular weight excluding hydrogens is 785 g/mol. The van der Waals surface area contributed by atoms with Crippen LogP contribution in [-0.2, 0) is 52.9 Å². The van der Waals surface area contributed by atoms with Crippen molar-refractivity contribution in [3.05, 3.63) is 89.5 Å². The summed E-state index contributed by atoms with van der Waals surface area (Å²) < 4.78 is 4.97. The first-order chi connectivity index (χ1) is 29.1. The first-order valence-corrected chi connectivity index (χ1v) is 20.6. The first kappa shape index (κ1) is 45.6. The third-order valence-corrected chi connectivity index (χ3v) is 10.9. The fourth-order valence-electron chi connectivity index (χ4n) is 7.43. The van der Waals surface area contributed by atoms with Gasteiger partial charge in [-0.25, -0.2) is 9.59 Å². The fourth-order valence-corrected chi connectivity index (χ4v) is 7.43. The van der Waals surface area contributed by atoms with Gasteiger partial charge in [-0.1, -0.05) is 88.6 Å². The zero-order valence-corrected chi connectivity index (χ0v) is 34.9. The summed E-state index contributed by atoms with van der Waals surface area (Å²) in [5, 5.41) is 29.8. The monoisotopic (exact) mass is 840 g/mol. The summed E-state index contributed by atoms with van der Waals surface area (Å²) in [5.74, 6) is -2.81. The van der Waals surface area contributed by atoms with E-state index in [0.29, 0.717) is 16.8 Å². The van der Waals surface area contributed by atoms with Crippen LogP contribution in [0.1, 0.15) is 82.4 Å². The number of phenolic OH excluding ortho intramolecular Hbond substituents is 1. The number of nitrogens with zero attached hydrogens (tertiary/aromatic N) is 2. The van der Waals surface area contributed by atoms with Crippen LogP contribution in [0.4, 0.5) is 16.2 Å². The predicted octanol–water partition coefficient (Wildman–Crippen LogP) is 4.11. The van der Waals surface area contributed by atoms with Crippen LogP contribution in [0.5, 0.6) is 5.75 Å². The van der Waals surface area contributed by atoms with Crippen LogP contribution in [0, 0.1) is 5.41 Å². The molecule has 5 rings (SSSR count). The summed E-state index contributed by atoms with van der Waals surface area (Å²) in [6.07, 6.45) is 3.61. The van der Waals surface area contributed by atoms with Gasteiger partial charge < -0.3 is 46.0 Å². The Morgan fingerprint density at radius 1 is 0.852 bits per heavy atom. The third-order valence-electron chi connectivity index (χ3n) is 10.9. The largest absolute Gasteiger partial charge is 0.508 e. The average molecular weight is 841 g/mol. The minimum Gasteiger partial charge on any atom is -0.508 e. The SMILES string of the molecule is CC(C)(C)C(=O)CN1C(=O)[C@H](NC(=O)NCc2ccc(CC(=O)N[C@H](CCC(=O)N[C@@H](Cc3ccc(O)cc3)C(=O)O)OC=O)cc2)CN(C2CCCCC2)c2ccccc21. The van der Waals surface area contributed by atoms with Crippen molar-refractivity contribution in [1.29, 1.82) is 0 Å². The van der Waals surface area contributed by atoms with Crippen LogP contribution in [0.2, 0.25) is 0 Å². The topological polar surface area (TPSA) is 224 Å². The lowest BCUT2D eigenvalue weighted by Gasteiger charge is -2.37. The van der Waals surface area contributed by atoms with E-state index in [1.165, 1.54) is 17.0 Å². The van der Waals surface area contributed by atoms with E-state index in [2.05, 4.69) is 26.2 Å². The van der Waals surface area contributed by atoms with Gasteiger partial charge in [0.05, 0.1) is 24.3 Å². The Bertz CT molecular complexity index is 2030. The molecule has 61 heavy (non-hydrogen) atoms. The summed E-state index contributed by atoms with van der Waals surface area (Å²) >= 11 is 0. The minimum atomic E-state index is -1.25. The number of urea groups is 1. The Balaban J connectivity index is 1.14. The van der Waals surface area contributed by atoms with Crippen molar-refractivity contribution in [2.24, 2.45) is 5.41 Å². The number of carboxylic acid groups (broad SMARTS) is 1. The standard InChI is InChI=1S/C45H56N6O10/c1-45(2,3)38(54)27-51-37-12-8-7-11-36(37)50(32-9-5-4-6-10-32)26-35(42(51)57)48-44(60)46-25-31-15-13-30(14-16-31)24-40(56)49-41(61-28-52)22-21-39(55)47-34(43(58)59)23-29-17-19-33(53)20-18-29/h7-8,11-20,28,32,34-35,41,53H,4-6,9-10,21-27H2,1-3H3,(H,47,55)(H,49,56)(H,58,59)(H2,46,48,60)/t34-,35+,41-/m0/s1. The molecule has 0 aromatic heterocycles. The van der Waals surface area contributed by atoms with Gasteiger partial charge in [-0.15, -0.1) is 0 Å². The van der Waals surface area contributed by atoms with Gasteiger partial charge >= 0.3 is 12.0 Å². The number of aliphatic carboxylic acids is 1. The number of amides is 5. The van der Waals surface area contributed by atoms with Gasteiger partial charge in [-0.05, 0) is 53.8 Å². The number of ketones is 1. The van der Waals surface area contributed by atoms with Crippen molar-refractivity contribution in [3.63, 3.8) is 0 Å². The van der Waals surface area contributed by atoms with Gasteiger partial charge in [0.25, 0.3) is 12.4 Å². The zero-order chi connectivity index (χ0) is 44.1. The number of hydrogen-bond acceptors (Lipinski definition) is 10. The highest BCUT2D eigenvalue weighted by Crippen LogP contribution is 2.37. The molecule has 1 aliphatic carbocycles. The van der Waals surface area contributed by atoms with E-state index in [1.807, 2.05) is 45.0 Å². The summed E-state index contributed by atoms with van der Waals surface area (Å²) in [5.41, 5.74) is 2.77. The van der Waals surface area contributed by atoms with Crippen molar-refractivity contribution in [2.75, 3.05) is 22.9 Å². The number of carbonyl (C=O) groups is 7. The minimum absolute atomic E-state index is 0.0217. The number of aromatic hydroxyl groups is 1. The van der Waals surface area contributed by atoms with E-state index in [9.17, 15) is 43.8 Å². The average Bonchev–Trinajstić information content (AvgIpc) is 3.34. The van der Waals surface area contributed by atoms with Gasteiger partial charge in [0, 0.05) is 43.8 Å². The van der Waals surface area contributed by atoms with Crippen LogP contribution in [-0.4, -0.2) is 89.6 Å². The van der Waals surface area contributed by atoms with Crippen molar-refractivity contribution in [1.82, 2.24) is 21.3 Å². The van der Waals surface area contributed by atoms with E-state index < -0.39 is 47.5 Å². The smallest absolute Gasteiger partial charge is 0.326 e. The number of rotatable bonds is 18. The second-order valence-electron chi connectivity index (χ2n) is 16.6. The van der Waals surface area contributed by atoms with Crippen LogP contribution in [0.15, 0.2) is 72.8 Å². The van der Waals surface area contributed by atoms with Gasteiger partial charge in [-0.3, -0.25) is 24.0 Å². The molecule has 16 heteroatoms. The van der Waals surface area contributed by atoms with Gasteiger partial charge in [-0.2, -0.15) is 0 Å². The number of phenols is 1. The van der Waals surface area contributed by atoms with E-state index in [4.69, 9.17) is 4.74 Å². The van der Waals surface area contributed by atoms with E-state index >= 15 is 0 Å². The Hall–Kier alpha value is -6.45. The maximum Gasteiger partial charge on any atom is 0.326 e. The molecule has 0 bridgehead atoms. The molecule has 326 valence electrons. The predicted molar refractivity (Wildman–Crippen MR) is 226 cm³/mol. The number of ether oxygens (including phenoxy) is 1. The number of fused-ring (bicyclic) bond motifs is 1. The zero-order valence-electron chi connectivity index (χ0n) is 34.9. The maximum atomic E-state index is 14.2. The number of benzene rings is 3. The van der Waals surface area contributed by atoms with E-state index in [1.54, 1.807) is 36.4 Å². The lowest BCUT2D eigenvalue weighted by Crippen LogP contribution is -2.56. The van der Waals surface area contributed by atoms with Crippen LogP contribution in [0.3, 0.4) is 0 Å². The highest BCUT2D eigenvalue weighted by atomic mass is 16.5. The summed E-state index contributed by atoms with van der Waals surface area (Å²) in [6.45, 7) is 5.85. The molecule has 5 amide bonds. The molecule has 1 fully saturated rings. The van der Waals surface area contributed by atoms with Crippen LogP contribution in [0.25, 0.3) is 0 Å². The first-order valence-electron chi connectivity index (χ1n) is 20.6. The molecular formula is C45H56N6O10. The van der Waals surface area contributed by atoms with Crippen LogP contribution >= 0.6 is 0 Å². The van der Waals surface area contributed by atoms with Gasteiger partial charge in [0.1, 0.15) is 17.8 Å². The number of hydrogen-bond donors (Lipinski definition) is 6. The number of Topliss-reactive ketones (excluding diaryl/α,β-unsaturated/α-hetero) is 1. The second-order valence-corrected chi connectivity index (χ2v) is 16.6. The second kappa shape index (κ2) is 21.2. The molecule has 3 atom stereocenters. The van der Waals surface area contributed by atoms with Crippen molar-refractivity contribution in [3.8, 4) is 5.75 Å². The van der Waals surface area contributed by atoms with Crippen molar-refractivity contribution < 1.29 is 48.5 Å². The van der Waals surface area contributed by atoms with Crippen molar-refractivity contribution >= 4 is 53.4 Å². The highest BCUT2D eigenvalue weighted by molar-refractivity contribution is 6.07. The molecule has 2 aliphatic rings. The molecule has 3 aromatic carbocycles. The summed E-state index contributed by atoms with van der Waals surface area (Å²) in [4.78, 5) is 93.1. The highest BCUT2D eigenvalue weighted by Gasteiger charge is 2.39. The van der Waals surface area contributed by atoms with Gasteiger partial charge in [0.15, 0.2) is 12.0 Å². The Morgan fingerprint density at radius 2 is 1.49 bits per heavy atom.